The normalized spacial score (nSPS) is 11.7. The molecule has 2 nitrogen and oxygen atoms in total. The van der Waals surface area contributed by atoms with Crippen LogP contribution in [0.15, 0.2) is 16.6 Å². The zero-order chi connectivity index (χ0) is 13.8. The van der Waals surface area contributed by atoms with Gasteiger partial charge in [0, 0.05) is 11.6 Å². The highest BCUT2D eigenvalue weighted by Crippen LogP contribution is 2.30. The molecule has 0 unspecified atom stereocenters. The van der Waals surface area contributed by atoms with Crippen LogP contribution in [0.4, 0.5) is 4.39 Å². The van der Waals surface area contributed by atoms with Crippen LogP contribution in [0.2, 0.25) is 5.02 Å². The van der Waals surface area contributed by atoms with Gasteiger partial charge in [0.2, 0.25) is 0 Å². The lowest BCUT2D eigenvalue weighted by Crippen LogP contribution is -2.36. The first-order chi connectivity index (χ1) is 8.29. The van der Waals surface area contributed by atoms with Crippen molar-refractivity contribution in [1.82, 2.24) is 5.32 Å². The molecule has 1 aromatic carbocycles. The summed E-state index contributed by atoms with van der Waals surface area (Å²) in [5, 5.41) is 3.44. The number of nitrogens with one attached hydrogen (secondary N) is 1. The Labute approximate surface area is 121 Å². The molecule has 0 saturated heterocycles. The second-order valence-electron chi connectivity index (χ2n) is 5.08. The number of halogens is 3. The topological polar surface area (TPSA) is 21.3 Å². The van der Waals surface area contributed by atoms with E-state index in [0.717, 1.165) is 13.0 Å². The molecule has 0 radical (unpaired) electrons. The maximum Gasteiger partial charge on any atom is 0.145 e. The lowest BCUT2D eigenvalue weighted by Gasteiger charge is -2.20. The monoisotopic (exact) mass is 337 g/mol. The van der Waals surface area contributed by atoms with Crippen LogP contribution in [-0.4, -0.2) is 18.7 Å². The second kappa shape index (κ2) is 6.73. The van der Waals surface area contributed by atoms with Crippen LogP contribution in [0.5, 0.6) is 5.75 Å². The Kier molecular flexibility index (Phi) is 5.89. The molecule has 0 aromatic heterocycles. The van der Waals surface area contributed by atoms with Crippen molar-refractivity contribution < 1.29 is 9.13 Å². The summed E-state index contributed by atoms with van der Waals surface area (Å²) in [5.74, 6) is 0.00958. The third-order valence-electron chi connectivity index (χ3n) is 2.21. The van der Waals surface area contributed by atoms with Crippen molar-refractivity contribution in [3.8, 4) is 5.75 Å². The van der Waals surface area contributed by atoms with Gasteiger partial charge in [0.1, 0.15) is 11.6 Å². The summed E-state index contributed by atoms with van der Waals surface area (Å²) in [7, 11) is 0. The summed E-state index contributed by atoms with van der Waals surface area (Å²) in [6.45, 7) is 7.72. The van der Waals surface area contributed by atoms with Crippen LogP contribution in [0.1, 0.15) is 27.2 Å². The quantitative estimate of drug-likeness (QED) is 0.635. The zero-order valence-electron chi connectivity index (χ0n) is 10.8. The van der Waals surface area contributed by atoms with Crippen molar-refractivity contribution >= 4 is 27.5 Å². The molecule has 1 aromatic rings. The lowest BCUT2D eigenvalue weighted by atomic mass is 10.1. The molecular weight excluding hydrogens is 321 g/mol. The summed E-state index contributed by atoms with van der Waals surface area (Å²) >= 11 is 8.94. The van der Waals surface area contributed by atoms with Gasteiger partial charge in [0.15, 0.2) is 0 Å². The van der Waals surface area contributed by atoms with Gasteiger partial charge in [-0.2, -0.15) is 0 Å². The first-order valence-electron chi connectivity index (χ1n) is 5.82. The Hall–Kier alpha value is -0.320. The van der Waals surface area contributed by atoms with Crippen molar-refractivity contribution in [2.75, 3.05) is 13.2 Å². The van der Waals surface area contributed by atoms with E-state index >= 15 is 0 Å². The van der Waals surface area contributed by atoms with E-state index in [4.69, 9.17) is 16.3 Å². The summed E-state index contributed by atoms with van der Waals surface area (Å²) < 4.78 is 19.4. The minimum atomic E-state index is -0.470. The molecule has 0 atom stereocenters. The molecule has 0 aliphatic heterocycles. The summed E-state index contributed by atoms with van der Waals surface area (Å²) in [5.41, 5.74) is 0.104. The van der Waals surface area contributed by atoms with Crippen molar-refractivity contribution in [3.05, 3.63) is 27.4 Å². The van der Waals surface area contributed by atoms with Gasteiger partial charge in [-0.25, -0.2) is 4.39 Å². The zero-order valence-corrected chi connectivity index (χ0v) is 13.2. The number of ether oxygens (including phenoxy) is 1. The minimum Gasteiger partial charge on any atom is -0.492 e. The first-order valence-corrected chi connectivity index (χ1v) is 6.99. The fraction of sp³-hybridized carbons (Fsp3) is 0.538. The highest BCUT2D eigenvalue weighted by atomic mass is 79.9. The van der Waals surface area contributed by atoms with E-state index < -0.39 is 5.82 Å². The molecule has 0 aliphatic carbocycles. The average Bonchev–Trinajstić information content (AvgIpc) is 2.23. The molecule has 0 amide bonds. The van der Waals surface area contributed by atoms with E-state index in [0.29, 0.717) is 16.8 Å². The molecule has 0 spiro atoms. The maximum atomic E-state index is 13.2. The summed E-state index contributed by atoms with van der Waals surface area (Å²) in [4.78, 5) is 0. The van der Waals surface area contributed by atoms with Crippen molar-refractivity contribution in [3.63, 3.8) is 0 Å². The van der Waals surface area contributed by atoms with Crippen LogP contribution in [0.25, 0.3) is 0 Å². The molecule has 1 rings (SSSR count). The van der Waals surface area contributed by atoms with Gasteiger partial charge < -0.3 is 10.1 Å². The number of rotatable bonds is 5. The predicted octanol–water partition coefficient (Wildman–Crippen LogP) is 4.40. The fourth-order valence-electron chi connectivity index (χ4n) is 1.33. The van der Waals surface area contributed by atoms with E-state index in [9.17, 15) is 4.39 Å². The van der Waals surface area contributed by atoms with E-state index in [1.54, 1.807) is 0 Å². The van der Waals surface area contributed by atoms with Gasteiger partial charge in [-0.1, -0.05) is 11.6 Å². The van der Waals surface area contributed by atoms with Gasteiger partial charge in [0.25, 0.3) is 0 Å². The standard InChI is InChI=1S/C13H18BrClFNO/c1-13(2,3)17-5-4-6-18-12-8-11(16)10(15)7-9(12)14/h7-8,17H,4-6H2,1-3H3. The summed E-state index contributed by atoms with van der Waals surface area (Å²) in [6, 6.07) is 2.79. The van der Waals surface area contributed by atoms with Gasteiger partial charge in [-0.3, -0.25) is 0 Å². The average molecular weight is 339 g/mol. The largest absolute Gasteiger partial charge is 0.492 e. The molecular formula is C13H18BrClFNO. The van der Waals surface area contributed by atoms with Crippen LogP contribution < -0.4 is 10.1 Å². The maximum absolute atomic E-state index is 13.2. The van der Waals surface area contributed by atoms with E-state index in [-0.39, 0.29) is 10.6 Å². The number of hydrogen-bond donors (Lipinski definition) is 1. The van der Waals surface area contributed by atoms with Gasteiger partial charge in [-0.15, -0.1) is 0 Å². The molecule has 102 valence electrons. The van der Waals surface area contributed by atoms with Crippen molar-refractivity contribution in [1.29, 1.82) is 0 Å². The Bertz CT molecular complexity index is 407. The minimum absolute atomic E-state index is 0.0867. The van der Waals surface area contributed by atoms with Gasteiger partial charge >= 0.3 is 0 Å². The molecule has 0 aliphatic rings. The summed E-state index contributed by atoms with van der Waals surface area (Å²) in [6.07, 6.45) is 0.855. The molecule has 0 bridgehead atoms. The second-order valence-corrected chi connectivity index (χ2v) is 6.34. The van der Waals surface area contributed by atoms with E-state index in [2.05, 4.69) is 42.0 Å². The van der Waals surface area contributed by atoms with E-state index in [1.807, 2.05) is 0 Å². The Morgan fingerprint density at radius 2 is 2.06 bits per heavy atom. The van der Waals surface area contributed by atoms with Crippen LogP contribution in [0, 0.1) is 5.82 Å². The molecule has 18 heavy (non-hydrogen) atoms. The lowest BCUT2D eigenvalue weighted by molar-refractivity contribution is 0.295. The predicted molar refractivity (Wildman–Crippen MR) is 77.0 cm³/mol. The Balaban J connectivity index is 2.38. The van der Waals surface area contributed by atoms with Crippen LogP contribution >= 0.6 is 27.5 Å². The third-order valence-corrected chi connectivity index (χ3v) is 3.12. The fourth-order valence-corrected chi connectivity index (χ4v) is 2.09. The smallest absolute Gasteiger partial charge is 0.145 e. The highest BCUT2D eigenvalue weighted by molar-refractivity contribution is 9.10. The van der Waals surface area contributed by atoms with Gasteiger partial charge in [-0.05, 0) is 55.7 Å². The first kappa shape index (κ1) is 15.7. The number of benzene rings is 1. The third kappa shape index (κ3) is 5.55. The highest BCUT2D eigenvalue weighted by Gasteiger charge is 2.09. The van der Waals surface area contributed by atoms with Crippen molar-refractivity contribution in [2.45, 2.75) is 32.7 Å². The van der Waals surface area contributed by atoms with Crippen LogP contribution in [-0.2, 0) is 0 Å². The van der Waals surface area contributed by atoms with Crippen molar-refractivity contribution in [2.24, 2.45) is 0 Å². The molecule has 0 saturated carbocycles. The Morgan fingerprint density at radius 3 is 2.67 bits per heavy atom. The number of hydrogen-bond acceptors (Lipinski definition) is 2. The molecule has 1 N–H and O–H groups in total. The SMILES string of the molecule is CC(C)(C)NCCCOc1cc(F)c(Cl)cc1Br. The van der Waals surface area contributed by atoms with Crippen LogP contribution in [0.3, 0.4) is 0 Å². The molecule has 0 fully saturated rings. The Morgan fingerprint density at radius 1 is 1.39 bits per heavy atom. The molecule has 0 heterocycles. The van der Waals surface area contributed by atoms with Gasteiger partial charge in [0.05, 0.1) is 16.1 Å². The van der Waals surface area contributed by atoms with E-state index in [1.165, 1.54) is 12.1 Å². The molecule has 5 heteroatoms.